The van der Waals surface area contributed by atoms with E-state index in [1.807, 2.05) is 32.0 Å². The largest absolute Gasteiger partial charge is 0.326 e. The Kier molecular flexibility index (Phi) is 6.71. The third-order valence-corrected chi connectivity index (χ3v) is 3.54. The maximum Gasteiger partial charge on any atom is 0.226 e. The second kappa shape index (κ2) is 8.04. The van der Waals surface area contributed by atoms with Crippen molar-refractivity contribution < 1.29 is 9.59 Å². The van der Waals surface area contributed by atoms with Gasteiger partial charge >= 0.3 is 0 Å². The highest BCUT2D eigenvalue weighted by Gasteiger charge is 2.13. The maximum absolute atomic E-state index is 11.9. The summed E-state index contributed by atoms with van der Waals surface area (Å²) >= 11 is 3.45. The molecule has 0 bridgehead atoms. The van der Waals surface area contributed by atoms with Gasteiger partial charge in [-0.15, -0.1) is 0 Å². The van der Waals surface area contributed by atoms with Crippen LogP contribution in [0.4, 0.5) is 11.4 Å². The van der Waals surface area contributed by atoms with E-state index in [4.69, 9.17) is 0 Å². The van der Waals surface area contributed by atoms with E-state index in [0.29, 0.717) is 12.8 Å². The quantitative estimate of drug-likeness (QED) is 0.852. The smallest absolute Gasteiger partial charge is 0.226 e. The van der Waals surface area contributed by atoms with Gasteiger partial charge in [0.2, 0.25) is 11.8 Å². The molecule has 0 heterocycles. The Morgan fingerprint density at radius 2 is 1.85 bits per heavy atom. The van der Waals surface area contributed by atoms with Crippen molar-refractivity contribution in [2.24, 2.45) is 0 Å². The van der Waals surface area contributed by atoms with E-state index in [-0.39, 0.29) is 11.8 Å². The van der Waals surface area contributed by atoms with Crippen LogP contribution in [-0.4, -0.2) is 18.9 Å². The number of carbonyl (C=O) groups is 2. The number of halogens is 1. The Bertz CT molecular complexity index is 489. The minimum atomic E-state index is 0.00237. The number of nitrogens with zero attached hydrogens (tertiary/aromatic N) is 1. The summed E-state index contributed by atoms with van der Waals surface area (Å²) in [6, 6.07) is 5.46. The second-order valence-corrected chi connectivity index (χ2v) is 5.52. The molecular weight excluding hydrogens is 320 g/mol. The summed E-state index contributed by atoms with van der Waals surface area (Å²) in [5.41, 5.74) is 1.53. The van der Waals surface area contributed by atoms with Gasteiger partial charge in [0.15, 0.2) is 0 Å². The van der Waals surface area contributed by atoms with Crippen LogP contribution in [0.25, 0.3) is 0 Å². The first-order valence-corrected chi connectivity index (χ1v) is 7.64. The van der Waals surface area contributed by atoms with Gasteiger partial charge in [-0.25, -0.2) is 0 Å². The van der Waals surface area contributed by atoms with Crippen LogP contribution in [0.5, 0.6) is 0 Å². The van der Waals surface area contributed by atoms with Crippen LogP contribution < -0.4 is 10.2 Å². The molecule has 1 aromatic rings. The van der Waals surface area contributed by atoms with Crippen LogP contribution in [0.1, 0.15) is 39.5 Å². The molecule has 0 fully saturated rings. The van der Waals surface area contributed by atoms with Crippen LogP contribution in [0.2, 0.25) is 0 Å². The fraction of sp³-hybridized carbons (Fsp3) is 0.467. The number of benzene rings is 1. The van der Waals surface area contributed by atoms with Crippen LogP contribution in [-0.2, 0) is 9.59 Å². The molecule has 2 amide bonds. The van der Waals surface area contributed by atoms with Crippen molar-refractivity contribution in [3.63, 3.8) is 0 Å². The topological polar surface area (TPSA) is 49.4 Å². The Morgan fingerprint density at radius 3 is 2.40 bits per heavy atom. The monoisotopic (exact) mass is 340 g/mol. The van der Waals surface area contributed by atoms with Crippen molar-refractivity contribution in [1.29, 1.82) is 0 Å². The first-order valence-electron chi connectivity index (χ1n) is 6.85. The summed E-state index contributed by atoms with van der Waals surface area (Å²) in [6.07, 6.45) is 2.68. The van der Waals surface area contributed by atoms with Gasteiger partial charge in [0.25, 0.3) is 0 Å². The van der Waals surface area contributed by atoms with E-state index in [1.165, 1.54) is 0 Å². The molecule has 0 aliphatic rings. The van der Waals surface area contributed by atoms with Gasteiger partial charge in [0.05, 0.1) is 5.69 Å². The van der Waals surface area contributed by atoms with Gasteiger partial charge in [-0.3, -0.25) is 9.59 Å². The molecule has 20 heavy (non-hydrogen) atoms. The Balaban J connectivity index is 2.82. The molecule has 0 aromatic heterocycles. The molecule has 0 aliphatic carbocycles. The highest BCUT2D eigenvalue weighted by atomic mass is 79.9. The van der Waals surface area contributed by atoms with Gasteiger partial charge in [-0.2, -0.15) is 0 Å². The molecule has 0 spiro atoms. The number of carbonyl (C=O) groups excluding carboxylic acids is 2. The molecule has 110 valence electrons. The second-order valence-electron chi connectivity index (χ2n) is 4.67. The van der Waals surface area contributed by atoms with E-state index in [2.05, 4.69) is 21.2 Å². The molecule has 0 radical (unpaired) electrons. The highest BCUT2D eigenvalue weighted by Crippen LogP contribution is 2.29. The average molecular weight is 341 g/mol. The van der Waals surface area contributed by atoms with Crippen molar-refractivity contribution >= 4 is 39.1 Å². The molecule has 1 aromatic carbocycles. The molecular formula is C15H21BrN2O2. The number of rotatable bonds is 6. The van der Waals surface area contributed by atoms with Gasteiger partial charge < -0.3 is 10.2 Å². The third kappa shape index (κ3) is 4.63. The zero-order valence-corrected chi connectivity index (χ0v) is 13.8. The lowest BCUT2D eigenvalue weighted by atomic mass is 10.2. The molecule has 1 N–H and O–H groups in total. The Hall–Kier alpha value is -1.36. The lowest BCUT2D eigenvalue weighted by Gasteiger charge is -2.19. The number of amides is 2. The fourth-order valence-corrected chi connectivity index (χ4v) is 2.47. The van der Waals surface area contributed by atoms with Gasteiger partial charge in [-0.05, 0) is 47.0 Å². The molecule has 0 unspecified atom stereocenters. The summed E-state index contributed by atoms with van der Waals surface area (Å²) in [7, 11) is 1.76. The zero-order chi connectivity index (χ0) is 15.1. The lowest BCUT2D eigenvalue weighted by molar-refractivity contribution is -0.118. The highest BCUT2D eigenvalue weighted by molar-refractivity contribution is 9.10. The summed E-state index contributed by atoms with van der Waals surface area (Å²) in [5.74, 6) is 0.0820. The molecule has 0 saturated heterocycles. The predicted octanol–water partition coefficient (Wildman–Crippen LogP) is 3.95. The summed E-state index contributed by atoms with van der Waals surface area (Å²) in [4.78, 5) is 25.1. The average Bonchev–Trinajstić information content (AvgIpc) is 2.38. The van der Waals surface area contributed by atoms with E-state index in [1.54, 1.807) is 11.9 Å². The molecule has 1 rings (SSSR count). The molecule has 4 nitrogen and oxygen atoms in total. The molecule has 0 atom stereocenters. The van der Waals surface area contributed by atoms with E-state index < -0.39 is 0 Å². The number of nitrogens with one attached hydrogen (secondary N) is 1. The van der Waals surface area contributed by atoms with Crippen LogP contribution in [0.15, 0.2) is 22.7 Å². The van der Waals surface area contributed by atoms with Gasteiger partial charge in [0.1, 0.15) is 0 Å². The van der Waals surface area contributed by atoms with Gasteiger partial charge in [-0.1, -0.05) is 13.8 Å². The van der Waals surface area contributed by atoms with Crippen molar-refractivity contribution in [1.82, 2.24) is 0 Å². The normalized spacial score (nSPS) is 10.2. The predicted molar refractivity (Wildman–Crippen MR) is 86.0 cm³/mol. The standard InChI is InChI=1S/C15H21BrN2O2/c1-4-6-14(19)17-11-8-9-13(12(16)10-11)18(3)15(20)7-5-2/h8-10H,4-7H2,1-3H3,(H,17,19). The number of hydrogen-bond donors (Lipinski definition) is 1. The Morgan fingerprint density at radius 1 is 1.20 bits per heavy atom. The number of hydrogen-bond acceptors (Lipinski definition) is 2. The fourth-order valence-electron chi connectivity index (χ4n) is 1.82. The van der Waals surface area contributed by atoms with Crippen molar-refractivity contribution in [3.8, 4) is 0 Å². The number of anilines is 2. The molecule has 5 heteroatoms. The van der Waals surface area contributed by atoms with E-state index in [0.717, 1.165) is 28.7 Å². The van der Waals surface area contributed by atoms with Crippen LogP contribution >= 0.6 is 15.9 Å². The Labute approximate surface area is 128 Å². The van der Waals surface area contributed by atoms with Crippen molar-refractivity contribution in [3.05, 3.63) is 22.7 Å². The zero-order valence-electron chi connectivity index (χ0n) is 12.2. The minimum absolute atomic E-state index is 0.00237. The molecule has 0 saturated carbocycles. The summed E-state index contributed by atoms with van der Waals surface area (Å²) in [6.45, 7) is 3.94. The summed E-state index contributed by atoms with van der Waals surface area (Å²) < 4.78 is 0.791. The van der Waals surface area contributed by atoms with Crippen molar-refractivity contribution in [2.45, 2.75) is 39.5 Å². The van der Waals surface area contributed by atoms with Crippen molar-refractivity contribution in [2.75, 3.05) is 17.3 Å². The lowest BCUT2D eigenvalue weighted by Crippen LogP contribution is -2.26. The summed E-state index contributed by atoms with van der Waals surface area (Å²) in [5, 5.41) is 2.83. The van der Waals surface area contributed by atoms with Crippen LogP contribution in [0.3, 0.4) is 0 Å². The first kappa shape index (κ1) is 16.7. The van der Waals surface area contributed by atoms with E-state index >= 15 is 0 Å². The van der Waals surface area contributed by atoms with E-state index in [9.17, 15) is 9.59 Å². The van der Waals surface area contributed by atoms with Gasteiger partial charge in [0, 0.05) is 30.0 Å². The first-order chi connectivity index (χ1) is 9.49. The SMILES string of the molecule is CCCC(=O)Nc1ccc(N(C)C(=O)CCC)c(Br)c1. The maximum atomic E-state index is 11.9. The minimum Gasteiger partial charge on any atom is -0.326 e. The van der Waals surface area contributed by atoms with Crippen LogP contribution in [0, 0.1) is 0 Å². The molecule has 0 aliphatic heterocycles. The third-order valence-electron chi connectivity index (χ3n) is 2.91.